The van der Waals surface area contributed by atoms with E-state index in [0.717, 1.165) is 50.9 Å². The van der Waals surface area contributed by atoms with Crippen molar-refractivity contribution in [1.29, 1.82) is 0 Å². The second-order valence-corrected chi connectivity index (χ2v) is 9.44. The van der Waals surface area contributed by atoms with Gasteiger partial charge in [-0.3, -0.25) is 4.79 Å². The average Bonchev–Trinajstić information content (AvgIpc) is 2.66. The summed E-state index contributed by atoms with van der Waals surface area (Å²) in [5.41, 5.74) is -0.908. The minimum absolute atomic E-state index is 0.0437. The average molecular weight is 412 g/mol. The number of rotatable bonds is 3. The number of aromatic hydroxyl groups is 3. The Labute approximate surface area is 172 Å². The Morgan fingerprint density at radius 3 is 2.10 bits per heavy atom. The number of hydrogen-bond acceptors (Lipinski definition) is 6. The van der Waals surface area contributed by atoms with Crippen molar-refractivity contribution in [2.24, 2.45) is 17.8 Å². The van der Waals surface area contributed by atoms with Crippen LogP contribution in [0, 0.1) is 24.7 Å². The smallest absolute Gasteiger partial charge is 0.340 e. The first-order valence-electron chi connectivity index (χ1n) is 10.3. The van der Waals surface area contributed by atoms with E-state index in [4.69, 9.17) is 4.42 Å². The number of aromatic carboxylic acids is 1. The first-order valence-corrected chi connectivity index (χ1v) is 10.3. The highest BCUT2D eigenvalue weighted by Gasteiger charge is 2.54. The summed E-state index contributed by atoms with van der Waals surface area (Å²) in [7, 11) is 0. The molecule has 4 bridgehead atoms. The van der Waals surface area contributed by atoms with Gasteiger partial charge in [0.2, 0.25) is 5.43 Å². The van der Waals surface area contributed by atoms with Crippen LogP contribution in [0.4, 0.5) is 0 Å². The molecule has 0 spiro atoms. The van der Waals surface area contributed by atoms with E-state index in [1.54, 1.807) is 0 Å². The van der Waals surface area contributed by atoms with Crippen LogP contribution in [0.25, 0.3) is 11.3 Å². The predicted octanol–water partition coefficient (Wildman–Crippen LogP) is 3.90. The van der Waals surface area contributed by atoms with E-state index in [1.807, 2.05) is 0 Å². The third kappa shape index (κ3) is 2.57. The van der Waals surface area contributed by atoms with Gasteiger partial charge in [0.15, 0.2) is 5.75 Å². The lowest BCUT2D eigenvalue weighted by Gasteiger charge is -2.57. The zero-order chi connectivity index (χ0) is 21.4. The Bertz CT molecular complexity index is 1090. The van der Waals surface area contributed by atoms with Gasteiger partial charge in [0.05, 0.1) is 0 Å². The molecule has 7 heteroatoms. The monoisotopic (exact) mass is 412 g/mol. The van der Waals surface area contributed by atoms with Crippen molar-refractivity contribution in [3.05, 3.63) is 39.2 Å². The molecular weight excluding hydrogens is 388 g/mol. The zero-order valence-corrected chi connectivity index (χ0v) is 16.6. The van der Waals surface area contributed by atoms with E-state index in [0.29, 0.717) is 23.3 Å². The van der Waals surface area contributed by atoms with Crippen LogP contribution in [0.3, 0.4) is 0 Å². The molecular formula is C23H24O7. The Morgan fingerprint density at radius 1 is 1.03 bits per heavy atom. The van der Waals surface area contributed by atoms with Gasteiger partial charge in [0, 0.05) is 28.2 Å². The molecule has 158 valence electrons. The highest BCUT2D eigenvalue weighted by Crippen LogP contribution is 2.64. The lowest BCUT2D eigenvalue weighted by atomic mass is 9.47. The summed E-state index contributed by atoms with van der Waals surface area (Å²) in [6.07, 6.45) is 6.85. The Morgan fingerprint density at radius 2 is 1.60 bits per heavy atom. The van der Waals surface area contributed by atoms with E-state index >= 15 is 0 Å². The molecule has 1 aromatic carbocycles. The van der Waals surface area contributed by atoms with E-state index in [2.05, 4.69) is 0 Å². The van der Waals surface area contributed by atoms with Gasteiger partial charge in [-0.25, -0.2) is 4.79 Å². The summed E-state index contributed by atoms with van der Waals surface area (Å²) in [6.45, 7) is 1.50. The van der Waals surface area contributed by atoms with Crippen LogP contribution < -0.4 is 5.43 Å². The van der Waals surface area contributed by atoms with Crippen LogP contribution >= 0.6 is 0 Å². The summed E-state index contributed by atoms with van der Waals surface area (Å²) in [5, 5.41) is 41.3. The molecule has 1 aromatic heterocycles. The first-order chi connectivity index (χ1) is 14.2. The lowest BCUT2D eigenvalue weighted by Crippen LogP contribution is -2.49. The maximum absolute atomic E-state index is 12.2. The summed E-state index contributed by atoms with van der Waals surface area (Å²) >= 11 is 0. The zero-order valence-electron chi connectivity index (χ0n) is 16.6. The van der Waals surface area contributed by atoms with E-state index in [9.17, 15) is 30.0 Å². The fraction of sp³-hybridized carbons (Fsp3) is 0.478. The molecule has 0 radical (unpaired) electrons. The first kappa shape index (κ1) is 19.0. The van der Waals surface area contributed by atoms with Crippen molar-refractivity contribution in [2.75, 3.05) is 0 Å². The Balaban J connectivity index is 1.86. The molecule has 0 saturated heterocycles. The number of benzene rings is 1. The molecule has 7 nitrogen and oxygen atoms in total. The van der Waals surface area contributed by atoms with E-state index in [1.165, 1.54) is 6.92 Å². The van der Waals surface area contributed by atoms with Crippen LogP contribution in [0.1, 0.15) is 60.0 Å². The summed E-state index contributed by atoms with van der Waals surface area (Å²) in [5.74, 6) is -1.14. The fourth-order valence-corrected chi connectivity index (χ4v) is 6.77. The number of phenolic OH excluding ortho intramolecular Hbond substituents is 1. The largest absolute Gasteiger partial charge is 0.507 e. The summed E-state index contributed by atoms with van der Waals surface area (Å²) in [4.78, 5) is 24.3. The van der Waals surface area contributed by atoms with Crippen molar-refractivity contribution >= 4 is 5.97 Å². The second kappa shape index (κ2) is 6.27. The standard InChI is InChI=1S/C23H24O7/c1-10-20(26)18(22(28)29)17(16-5-14(24)15(25)9-30-16)19(21(10)27)23-6-11-2-12(7-23)4-13(3-11)8-23/h5,9,11-13,25-27H,2-4,6-8H2,1H3,(H,28,29). The minimum Gasteiger partial charge on any atom is -0.507 e. The van der Waals surface area contributed by atoms with Gasteiger partial charge in [-0.15, -0.1) is 0 Å². The van der Waals surface area contributed by atoms with Crippen LogP contribution in [-0.2, 0) is 5.41 Å². The predicted molar refractivity (Wildman–Crippen MR) is 107 cm³/mol. The topological polar surface area (TPSA) is 128 Å². The molecule has 4 N–H and O–H groups in total. The fourth-order valence-electron chi connectivity index (χ4n) is 6.77. The molecule has 6 rings (SSSR count). The van der Waals surface area contributed by atoms with Crippen molar-refractivity contribution in [3.8, 4) is 28.6 Å². The molecule has 4 aliphatic carbocycles. The maximum atomic E-state index is 12.2. The molecule has 0 unspecified atom stereocenters. The van der Waals surface area contributed by atoms with Crippen LogP contribution in [0.2, 0.25) is 0 Å². The molecule has 0 atom stereocenters. The molecule has 0 aliphatic heterocycles. The number of hydrogen-bond donors (Lipinski definition) is 4. The van der Waals surface area contributed by atoms with Gasteiger partial charge in [0.25, 0.3) is 0 Å². The Hall–Kier alpha value is -2.96. The third-order valence-electron chi connectivity index (χ3n) is 7.53. The molecule has 30 heavy (non-hydrogen) atoms. The quantitative estimate of drug-likeness (QED) is 0.602. The SMILES string of the molecule is Cc1c(O)c(C(=O)O)c(-c2cc(=O)c(O)co2)c(C23CC4CC(CC(C4)C2)C3)c1O. The Kier molecular flexibility index (Phi) is 3.98. The van der Waals surface area contributed by atoms with Crippen LogP contribution in [0.15, 0.2) is 21.5 Å². The molecule has 0 amide bonds. The lowest BCUT2D eigenvalue weighted by molar-refractivity contribution is -0.00599. The normalized spacial score (nSPS) is 29.3. The second-order valence-electron chi connectivity index (χ2n) is 9.44. The maximum Gasteiger partial charge on any atom is 0.340 e. The van der Waals surface area contributed by atoms with Gasteiger partial charge >= 0.3 is 5.97 Å². The van der Waals surface area contributed by atoms with Crippen LogP contribution in [-0.4, -0.2) is 26.4 Å². The molecule has 2 aromatic rings. The van der Waals surface area contributed by atoms with Gasteiger partial charge in [-0.2, -0.15) is 0 Å². The van der Waals surface area contributed by atoms with E-state index < -0.39 is 28.3 Å². The third-order valence-corrected chi connectivity index (χ3v) is 7.53. The molecule has 4 aliphatic rings. The molecule has 4 fully saturated rings. The van der Waals surface area contributed by atoms with Gasteiger partial charge < -0.3 is 24.8 Å². The van der Waals surface area contributed by atoms with Gasteiger partial charge in [0.1, 0.15) is 29.1 Å². The van der Waals surface area contributed by atoms with Crippen molar-refractivity contribution in [2.45, 2.75) is 50.9 Å². The summed E-state index contributed by atoms with van der Waals surface area (Å²) < 4.78 is 5.43. The minimum atomic E-state index is -1.37. The van der Waals surface area contributed by atoms with Crippen LogP contribution in [0.5, 0.6) is 17.2 Å². The van der Waals surface area contributed by atoms with Gasteiger partial charge in [-0.05, 0) is 63.2 Å². The van der Waals surface area contributed by atoms with Gasteiger partial charge in [-0.1, -0.05) is 0 Å². The van der Waals surface area contributed by atoms with Crippen molar-refractivity contribution in [3.63, 3.8) is 0 Å². The molecule has 4 saturated carbocycles. The number of carboxylic acid groups (broad SMARTS) is 1. The number of phenols is 2. The number of carbonyl (C=O) groups is 1. The highest BCUT2D eigenvalue weighted by atomic mass is 16.4. The highest BCUT2D eigenvalue weighted by molar-refractivity contribution is 6.01. The van der Waals surface area contributed by atoms with E-state index in [-0.39, 0.29) is 28.2 Å². The van der Waals surface area contributed by atoms with Crippen molar-refractivity contribution < 1.29 is 29.6 Å². The molecule has 1 heterocycles. The summed E-state index contributed by atoms with van der Waals surface area (Å²) in [6, 6.07) is 1.02. The van der Waals surface area contributed by atoms with Crippen molar-refractivity contribution in [1.82, 2.24) is 0 Å². The number of carboxylic acids is 1.